The molecule has 2 aliphatic heterocycles. The van der Waals surface area contributed by atoms with E-state index in [2.05, 4.69) is 5.32 Å². The molecule has 0 radical (unpaired) electrons. The first-order valence-corrected chi connectivity index (χ1v) is 9.19. The topological polar surface area (TPSA) is 77.0 Å². The number of rotatable bonds is 4. The number of hydrogen-bond donors (Lipinski definition) is 2. The second-order valence-corrected chi connectivity index (χ2v) is 7.27. The SMILES string of the molecule is CCS[C@@H]1O[C@@H]2CO[C@H](c3ccccc3)O[C@@H]2[C@@H](O)[C@@H]1NC(C)=O. The Morgan fingerprint density at radius 1 is 1.33 bits per heavy atom. The number of hydrogen-bond acceptors (Lipinski definition) is 6. The Kier molecular flexibility index (Phi) is 5.78. The summed E-state index contributed by atoms with van der Waals surface area (Å²) in [5, 5.41) is 13.6. The average Bonchev–Trinajstić information content (AvgIpc) is 2.59. The van der Waals surface area contributed by atoms with Crippen molar-refractivity contribution < 1.29 is 24.1 Å². The first-order valence-electron chi connectivity index (χ1n) is 8.14. The maximum atomic E-state index is 11.5. The number of benzene rings is 1. The zero-order chi connectivity index (χ0) is 17.1. The molecule has 1 amide bonds. The third kappa shape index (κ3) is 3.75. The van der Waals surface area contributed by atoms with Gasteiger partial charge in [0.15, 0.2) is 6.29 Å². The summed E-state index contributed by atoms with van der Waals surface area (Å²) in [5.41, 5.74) is 0.569. The zero-order valence-corrected chi connectivity index (χ0v) is 14.6. The highest BCUT2D eigenvalue weighted by Crippen LogP contribution is 2.36. The van der Waals surface area contributed by atoms with Crippen LogP contribution in [-0.2, 0) is 19.0 Å². The summed E-state index contributed by atoms with van der Waals surface area (Å²) < 4.78 is 17.8. The van der Waals surface area contributed by atoms with E-state index in [0.717, 1.165) is 11.3 Å². The van der Waals surface area contributed by atoms with Gasteiger partial charge in [0.1, 0.15) is 23.7 Å². The maximum Gasteiger partial charge on any atom is 0.217 e. The van der Waals surface area contributed by atoms with E-state index in [-0.39, 0.29) is 17.4 Å². The van der Waals surface area contributed by atoms with Crippen molar-refractivity contribution in [3.63, 3.8) is 0 Å². The van der Waals surface area contributed by atoms with E-state index in [4.69, 9.17) is 14.2 Å². The minimum absolute atomic E-state index is 0.200. The Morgan fingerprint density at radius 3 is 2.75 bits per heavy atom. The van der Waals surface area contributed by atoms with Crippen molar-refractivity contribution in [2.45, 2.75) is 49.9 Å². The van der Waals surface area contributed by atoms with Crippen molar-refractivity contribution in [1.29, 1.82) is 0 Å². The lowest BCUT2D eigenvalue weighted by molar-refractivity contribution is -0.306. The Morgan fingerprint density at radius 2 is 2.08 bits per heavy atom. The van der Waals surface area contributed by atoms with E-state index in [1.54, 1.807) is 11.8 Å². The van der Waals surface area contributed by atoms with Crippen LogP contribution in [0.25, 0.3) is 0 Å². The normalized spacial score (nSPS) is 36.0. The van der Waals surface area contributed by atoms with E-state index < -0.39 is 24.5 Å². The van der Waals surface area contributed by atoms with Gasteiger partial charge in [0.25, 0.3) is 0 Å². The second-order valence-electron chi connectivity index (χ2n) is 5.89. The first-order chi connectivity index (χ1) is 11.6. The number of aliphatic hydroxyl groups is 1. The number of carbonyl (C=O) groups is 1. The highest BCUT2D eigenvalue weighted by Gasteiger charge is 2.49. The average molecular weight is 353 g/mol. The van der Waals surface area contributed by atoms with E-state index >= 15 is 0 Å². The van der Waals surface area contributed by atoms with E-state index in [0.29, 0.717) is 6.61 Å². The smallest absolute Gasteiger partial charge is 0.217 e. The molecule has 24 heavy (non-hydrogen) atoms. The summed E-state index contributed by atoms with van der Waals surface area (Å²) >= 11 is 1.55. The minimum Gasteiger partial charge on any atom is -0.388 e. The van der Waals surface area contributed by atoms with Crippen LogP contribution >= 0.6 is 11.8 Å². The summed E-state index contributed by atoms with van der Waals surface area (Å²) in [4.78, 5) is 11.5. The number of aliphatic hydroxyl groups excluding tert-OH is 1. The molecule has 2 aliphatic rings. The van der Waals surface area contributed by atoms with Gasteiger partial charge < -0.3 is 24.6 Å². The highest BCUT2D eigenvalue weighted by atomic mass is 32.2. The number of nitrogens with one attached hydrogen (secondary N) is 1. The molecular formula is C17H23NO5S. The fourth-order valence-corrected chi connectivity index (χ4v) is 4.05. The van der Waals surface area contributed by atoms with Crippen LogP contribution in [0.5, 0.6) is 0 Å². The third-order valence-electron chi connectivity index (χ3n) is 4.14. The molecular weight excluding hydrogens is 330 g/mol. The van der Waals surface area contributed by atoms with Gasteiger partial charge in [-0.2, -0.15) is 0 Å². The molecule has 132 valence electrons. The monoisotopic (exact) mass is 353 g/mol. The molecule has 2 fully saturated rings. The lowest BCUT2D eigenvalue weighted by Crippen LogP contribution is -2.65. The number of carbonyl (C=O) groups excluding carboxylic acids is 1. The van der Waals surface area contributed by atoms with Gasteiger partial charge in [0.05, 0.1) is 12.6 Å². The fourth-order valence-electron chi connectivity index (χ4n) is 3.07. The molecule has 6 nitrogen and oxygen atoms in total. The standard InChI is InChI=1S/C17H23NO5S/c1-3-24-17-13(18-10(2)19)14(20)15-12(22-17)9-21-16(23-15)11-7-5-4-6-8-11/h4-8,12-17,20H,3,9H2,1-2H3,(H,18,19)/t12-,13+,14+,15+,16+,17+/m1/s1. The van der Waals surface area contributed by atoms with Crippen LogP contribution in [0.2, 0.25) is 0 Å². The van der Waals surface area contributed by atoms with E-state index in [1.807, 2.05) is 37.3 Å². The molecule has 6 atom stereocenters. The van der Waals surface area contributed by atoms with Crippen LogP contribution in [0.3, 0.4) is 0 Å². The largest absolute Gasteiger partial charge is 0.388 e. The molecule has 0 spiro atoms. The van der Waals surface area contributed by atoms with Crippen molar-refractivity contribution in [2.75, 3.05) is 12.4 Å². The predicted octanol–water partition coefficient (Wildman–Crippen LogP) is 1.44. The van der Waals surface area contributed by atoms with E-state index in [1.165, 1.54) is 6.92 Å². The molecule has 1 aromatic carbocycles. The molecule has 0 bridgehead atoms. The molecule has 1 aromatic rings. The summed E-state index contributed by atoms with van der Waals surface area (Å²) in [6.07, 6.45) is -2.30. The summed E-state index contributed by atoms with van der Waals surface area (Å²) in [6, 6.07) is 9.08. The summed E-state index contributed by atoms with van der Waals surface area (Å²) in [5.74, 6) is 0.619. The number of amides is 1. The summed E-state index contributed by atoms with van der Waals surface area (Å²) in [7, 11) is 0. The number of fused-ring (bicyclic) bond motifs is 1. The van der Waals surface area contributed by atoms with Crippen LogP contribution in [0.1, 0.15) is 25.7 Å². The minimum atomic E-state index is -0.855. The van der Waals surface area contributed by atoms with Gasteiger partial charge in [-0.3, -0.25) is 4.79 Å². The number of ether oxygens (including phenoxy) is 3. The fraction of sp³-hybridized carbons (Fsp3) is 0.588. The Bertz CT molecular complexity index is 557. The predicted molar refractivity (Wildman–Crippen MR) is 90.4 cm³/mol. The van der Waals surface area contributed by atoms with Crippen LogP contribution < -0.4 is 5.32 Å². The van der Waals surface area contributed by atoms with Crippen molar-refractivity contribution in [3.05, 3.63) is 35.9 Å². The quantitative estimate of drug-likeness (QED) is 0.853. The molecule has 0 aromatic heterocycles. The highest BCUT2D eigenvalue weighted by molar-refractivity contribution is 7.99. The molecule has 2 heterocycles. The van der Waals surface area contributed by atoms with Crippen molar-refractivity contribution >= 4 is 17.7 Å². The molecule has 7 heteroatoms. The summed E-state index contributed by atoms with van der Waals surface area (Å²) in [6.45, 7) is 3.79. The zero-order valence-electron chi connectivity index (χ0n) is 13.8. The first kappa shape index (κ1) is 17.7. The Balaban J connectivity index is 1.76. The van der Waals surface area contributed by atoms with Gasteiger partial charge in [-0.25, -0.2) is 0 Å². The van der Waals surface area contributed by atoms with Crippen LogP contribution in [0, 0.1) is 0 Å². The van der Waals surface area contributed by atoms with Crippen molar-refractivity contribution in [2.24, 2.45) is 0 Å². The lowest BCUT2D eigenvalue weighted by Gasteiger charge is -2.47. The molecule has 0 aliphatic carbocycles. The molecule has 0 saturated carbocycles. The van der Waals surface area contributed by atoms with Gasteiger partial charge >= 0.3 is 0 Å². The molecule has 3 rings (SSSR count). The third-order valence-corrected chi connectivity index (χ3v) is 5.20. The van der Waals surface area contributed by atoms with Gasteiger partial charge in [-0.05, 0) is 5.75 Å². The Labute approximate surface area is 145 Å². The van der Waals surface area contributed by atoms with Gasteiger partial charge in [0.2, 0.25) is 5.91 Å². The van der Waals surface area contributed by atoms with Crippen LogP contribution in [-0.4, -0.2) is 53.2 Å². The molecule has 2 saturated heterocycles. The molecule has 2 N–H and O–H groups in total. The maximum absolute atomic E-state index is 11.5. The van der Waals surface area contributed by atoms with Gasteiger partial charge in [0, 0.05) is 12.5 Å². The number of thioether (sulfide) groups is 1. The van der Waals surface area contributed by atoms with Crippen LogP contribution in [0.15, 0.2) is 30.3 Å². The van der Waals surface area contributed by atoms with Gasteiger partial charge in [-0.15, -0.1) is 11.8 Å². The van der Waals surface area contributed by atoms with Crippen molar-refractivity contribution in [1.82, 2.24) is 5.32 Å². The second kappa shape index (κ2) is 7.84. The van der Waals surface area contributed by atoms with Crippen LogP contribution in [0.4, 0.5) is 0 Å². The Hall–Kier alpha value is -1.12. The molecule has 0 unspecified atom stereocenters. The van der Waals surface area contributed by atoms with Crippen molar-refractivity contribution in [3.8, 4) is 0 Å². The van der Waals surface area contributed by atoms with E-state index in [9.17, 15) is 9.90 Å². The van der Waals surface area contributed by atoms with Gasteiger partial charge in [-0.1, -0.05) is 37.3 Å². The lowest BCUT2D eigenvalue weighted by atomic mass is 9.96.